The fourth-order valence-electron chi connectivity index (χ4n) is 4.26. The van der Waals surface area contributed by atoms with Crippen LogP contribution in [0, 0.1) is 23.4 Å². The van der Waals surface area contributed by atoms with Crippen LogP contribution in [0.15, 0.2) is 36.4 Å². The molecule has 4 atom stereocenters. The van der Waals surface area contributed by atoms with Crippen LogP contribution < -0.4 is 4.72 Å². The molecule has 6 nitrogen and oxygen atoms in total. The van der Waals surface area contributed by atoms with Crippen LogP contribution in [0.4, 0.5) is 22.0 Å². The number of ether oxygens (including phenoxy) is 1. The van der Waals surface area contributed by atoms with E-state index in [2.05, 4.69) is 9.46 Å². The first-order valence-corrected chi connectivity index (χ1v) is 12.0. The average Bonchev–Trinajstić information content (AvgIpc) is 3.44. The summed E-state index contributed by atoms with van der Waals surface area (Å²) in [4.78, 5) is 14.0. The number of sulfonamides is 1. The molecular formula is C22H21F5N2O4S. The van der Waals surface area contributed by atoms with Gasteiger partial charge < -0.3 is 9.64 Å². The highest BCUT2D eigenvalue weighted by Crippen LogP contribution is 2.59. The van der Waals surface area contributed by atoms with Crippen molar-refractivity contribution < 1.29 is 39.9 Å². The van der Waals surface area contributed by atoms with Gasteiger partial charge in [-0.2, -0.15) is 0 Å². The zero-order valence-corrected chi connectivity index (χ0v) is 18.7. The number of methoxy groups -OCH3 is 1. The number of rotatable bonds is 8. The number of nitrogens with one attached hydrogen (secondary N) is 1. The van der Waals surface area contributed by atoms with Gasteiger partial charge in [0, 0.05) is 20.1 Å². The predicted molar refractivity (Wildman–Crippen MR) is 112 cm³/mol. The Morgan fingerprint density at radius 1 is 1.21 bits per heavy atom. The number of benzene rings is 2. The summed E-state index contributed by atoms with van der Waals surface area (Å²) in [6, 6.07) is 4.63. The van der Waals surface area contributed by atoms with Gasteiger partial charge in [-0.3, -0.25) is 4.79 Å². The average molecular weight is 504 g/mol. The van der Waals surface area contributed by atoms with Crippen LogP contribution >= 0.6 is 0 Å². The Morgan fingerprint density at radius 3 is 2.50 bits per heavy atom. The SMILES string of the molecule is COCS(=O)(=O)NC[C@@H]1[C@H](F)CN1C(=O)[C@@H]1C[C@@]1(F)c1ccc(F)cc1-c1c(F)cccc1F. The zero-order valence-electron chi connectivity index (χ0n) is 17.9. The molecule has 0 spiro atoms. The van der Waals surface area contributed by atoms with E-state index >= 15 is 4.39 Å². The van der Waals surface area contributed by atoms with Gasteiger partial charge in [0.2, 0.25) is 15.9 Å². The fraction of sp³-hybridized carbons (Fsp3) is 0.409. The molecule has 1 amide bonds. The van der Waals surface area contributed by atoms with Crippen molar-refractivity contribution in [2.45, 2.75) is 24.3 Å². The number of nitrogens with zero attached hydrogens (tertiary/aromatic N) is 1. The van der Waals surface area contributed by atoms with Gasteiger partial charge in [-0.15, -0.1) is 0 Å². The highest BCUT2D eigenvalue weighted by atomic mass is 32.2. The summed E-state index contributed by atoms with van der Waals surface area (Å²) < 4.78 is 103. The van der Waals surface area contributed by atoms with Crippen LogP contribution in [-0.4, -0.2) is 57.6 Å². The van der Waals surface area contributed by atoms with Crippen molar-refractivity contribution in [3.63, 3.8) is 0 Å². The van der Waals surface area contributed by atoms with Crippen molar-refractivity contribution in [3.05, 3.63) is 59.4 Å². The van der Waals surface area contributed by atoms with Gasteiger partial charge in [-0.1, -0.05) is 12.1 Å². The lowest BCUT2D eigenvalue weighted by Gasteiger charge is -2.44. The van der Waals surface area contributed by atoms with E-state index in [0.29, 0.717) is 0 Å². The molecule has 0 unspecified atom stereocenters. The maximum Gasteiger partial charge on any atom is 0.235 e. The van der Waals surface area contributed by atoms with Gasteiger partial charge in [-0.05, 0) is 35.4 Å². The number of halogens is 5. The van der Waals surface area contributed by atoms with E-state index in [1.165, 1.54) is 7.11 Å². The standard InChI is InChI=1S/C22H21F5N2O4S/c1-33-11-34(31,32)28-9-19-18(26)10-29(19)21(30)15-8-22(15,27)14-6-5-12(23)7-13(14)20-16(24)3-2-4-17(20)25/h2-7,15,18-19,28H,8-11H2,1H3/t15-,18+,19+,22+/m0/s1. The molecule has 2 aliphatic rings. The van der Waals surface area contributed by atoms with Crippen LogP contribution in [0.2, 0.25) is 0 Å². The predicted octanol–water partition coefficient (Wildman–Crippen LogP) is 3.03. The molecular weight excluding hydrogens is 483 g/mol. The number of hydrogen-bond acceptors (Lipinski definition) is 4. The van der Waals surface area contributed by atoms with E-state index in [-0.39, 0.29) is 24.1 Å². The Morgan fingerprint density at radius 2 is 1.88 bits per heavy atom. The molecule has 4 rings (SSSR count). The zero-order chi connectivity index (χ0) is 24.8. The molecule has 2 fully saturated rings. The smallest absolute Gasteiger partial charge is 0.235 e. The largest absolute Gasteiger partial charge is 0.367 e. The summed E-state index contributed by atoms with van der Waals surface area (Å²) in [5.41, 5.74) is -3.59. The van der Waals surface area contributed by atoms with Crippen LogP contribution in [0.1, 0.15) is 12.0 Å². The number of hydrogen-bond donors (Lipinski definition) is 1. The van der Waals surface area contributed by atoms with E-state index in [1.807, 2.05) is 0 Å². The monoisotopic (exact) mass is 504 g/mol. The molecule has 34 heavy (non-hydrogen) atoms. The van der Waals surface area contributed by atoms with E-state index in [0.717, 1.165) is 41.3 Å². The summed E-state index contributed by atoms with van der Waals surface area (Å²) in [6.07, 6.45) is -1.87. The lowest BCUT2D eigenvalue weighted by atomic mass is 9.92. The molecule has 1 heterocycles. The Bertz CT molecular complexity index is 1210. The molecule has 0 bridgehead atoms. The Hall–Kier alpha value is -2.57. The second-order valence-corrected chi connectivity index (χ2v) is 10.1. The topological polar surface area (TPSA) is 75.7 Å². The third-order valence-electron chi connectivity index (χ3n) is 6.11. The van der Waals surface area contributed by atoms with Gasteiger partial charge in [-0.25, -0.2) is 35.1 Å². The summed E-state index contributed by atoms with van der Waals surface area (Å²) in [5, 5.41) is 0. The lowest BCUT2D eigenvalue weighted by Crippen LogP contribution is -2.64. The number of likely N-dealkylation sites (tertiary alicyclic amines) is 1. The van der Waals surface area contributed by atoms with E-state index in [1.54, 1.807) is 0 Å². The summed E-state index contributed by atoms with van der Waals surface area (Å²) in [5.74, 6) is -5.61. The van der Waals surface area contributed by atoms with E-state index in [9.17, 15) is 30.8 Å². The normalized spacial score (nSPS) is 26.3. The fourth-order valence-corrected chi connectivity index (χ4v) is 5.08. The van der Waals surface area contributed by atoms with Crippen molar-refractivity contribution in [1.29, 1.82) is 0 Å². The Balaban J connectivity index is 1.56. The summed E-state index contributed by atoms with van der Waals surface area (Å²) in [6.45, 7) is -0.771. The Kier molecular flexibility index (Phi) is 6.42. The highest BCUT2D eigenvalue weighted by Gasteiger charge is 2.64. The van der Waals surface area contributed by atoms with Crippen LogP contribution in [0.25, 0.3) is 11.1 Å². The number of alkyl halides is 2. The van der Waals surface area contributed by atoms with Crippen molar-refractivity contribution >= 4 is 15.9 Å². The first kappa shape index (κ1) is 24.6. The quantitative estimate of drug-likeness (QED) is 0.561. The van der Waals surface area contributed by atoms with Crippen molar-refractivity contribution in [2.24, 2.45) is 5.92 Å². The third-order valence-corrected chi connectivity index (χ3v) is 7.26. The van der Waals surface area contributed by atoms with Gasteiger partial charge in [0.15, 0.2) is 5.94 Å². The maximum atomic E-state index is 15.9. The molecule has 1 aliphatic heterocycles. The number of carbonyl (C=O) groups is 1. The Labute approximate surface area is 192 Å². The van der Waals surface area contributed by atoms with Crippen molar-refractivity contribution in [3.8, 4) is 11.1 Å². The van der Waals surface area contributed by atoms with Gasteiger partial charge in [0.05, 0.1) is 24.1 Å². The van der Waals surface area contributed by atoms with Crippen LogP contribution in [-0.2, 0) is 25.2 Å². The molecule has 1 saturated heterocycles. The van der Waals surface area contributed by atoms with Crippen LogP contribution in [0.5, 0.6) is 0 Å². The summed E-state index contributed by atoms with van der Waals surface area (Å²) in [7, 11) is -2.68. The number of carbonyl (C=O) groups excluding carboxylic acids is 1. The highest BCUT2D eigenvalue weighted by molar-refractivity contribution is 7.89. The molecule has 0 aromatic heterocycles. The molecule has 1 N–H and O–H groups in total. The minimum absolute atomic E-state index is 0.258. The van der Waals surface area contributed by atoms with E-state index < -0.39 is 75.2 Å². The van der Waals surface area contributed by atoms with Crippen molar-refractivity contribution in [1.82, 2.24) is 9.62 Å². The first-order chi connectivity index (χ1) is 16.0. The lowest BCUT2D eigenvalue weighted by molar-refractivity contribution is -0.147. The first-order valence-electron chi connectivity index (χ1n) is 10.3. The molecule has 2 aromatic carbocycles. The van der Waals surface area contributed by atoms with Crippen molar-refractivity contribution in [2.75, 3.05) is 26.1 Å². The molecule has 2 aromatic rings. The van der Waals surface area contributed by atoms with Gasteiger partial charge >= 0.3 is 0 Å². The molecule has 0 radical (unpaired) electrons. The number of amides is 1. The summed E-state index contributed by atoms with van der Waals surface area (Å²) >= 11 is 0. The molecule has 1 saturated carbocycles. The minimum atomic E-state index is -3.85. The third kappa shape index (κ3) is 4.41. The van der Waals surface area contributed by atoms with Gasteiger partial charge in [0.25, 0.3) is 0 Å². The minimum Gasteiger partial charge on any atom is -0.367 e. The van der Waals surface area contributed by atoms with Crippen LogP contribution in [0.3, 0.4) is 0 Å². The second-order valence-electron chi connectivity index (χ2n) is 8.35. The molecule has 12 heteroatoms. The molecule has 1 aliphatic carbocycles. The van der Waals surface area contributed by atoms with E-state index in [4.69, 9.17) is 0 Å². The molecule has 184 valence electrons. The second kappa shape index (κ2) is 8.90. The van der Waals surface area contributed by atoms with Gasteiger partial charge in [0.1, 0.15) is 29.3 Å². The maximum absolute atomic E-state index is 15.9.